The van der Waals surface area contributed by atoms with Gasteiger partial charge in [0.1, 0.15) is 5.82 Å². The molecule has 1 heterocycles. The van der Waals surface area contributed by atoms with E-state index < -0.39 is 0 Å². The van der Waals surface area contributed by atoms with Crippen molar-refractivity contribution in [1.29, 1.82) is 0 Å². The van der Waals surface area contributed by atoms with Gasteiger partial charge in [-0.05, 0) is 31.5 Å². The van der Waals surface area contributed by atoms with Gasteiger partial charge in [0.15, 0.2) is 0 Å². The number of aromatic nitrogens is 2. The van der Waals surface area contributed by atoms with Crippen molar-refractivity contribution in [2.45, 2.75) is 26.8 Å². The second kappa shape index (κ2) is 7.38. The lowest BCUT2D eigenvalue weighted by Crippen LogP contribution is -2.24. The maximum Gasteiger partial charge on any atom is 0.253 e. The van der Waals surface area contributed by atoms with Crippen molar-refractivity contribution in [2.75, 3.05) is 11.9 Å². The van der Waals surface area contributed by atoms with Crippen LogP contribution in [0.3, 0.4) is 0 Å². The van der Waals surface area contributed by atoms with Crippen LogP contribution in [0.4, 0.5) is 5.69 Å². The molecule has 0 fully saturated rings. The summed E-state index contributed by atoms with van der Waals surface area (Å²) < 4.78 is 0. The first-order chi connectivity index (χ1) is 10.2. The lowest BCUT2D eigenvalue weighted by atomic mass is 10.1. The van der Waals surface area contributed by atoms with Gasteiger partial charge >= 0.3 is 0 Å². The van der Waals surface area contributed by atoms with Crippen LogP contribution in [0.1, 0.15) is 35.2 Å². The Hall–Kier alpha value is -2.43. The summed E-state index contributed by atoms with van der Waals surface area (Å²) in [5, 5.41) is 6.15. The van der Waals surface area contributed by atoms with Crippen LogP contribution >= 0.6 is 0 Å². The standard InChI is InChI=1S/C16H20N4O/c1-3-9-18-15-7-5-4-6-14(15)16(21)19-11-13-8-10-17-12(2)20-13/h4-8,10,18H,3,9,11H2,1-2H3,(H,19,21). The summed E-state index contributed by atoms with van der Waals surface area (Å²) >= 11 is 0. The maximum absolute atomic E-state index is 12.3. The van der Waals surface area contributed by atoms with Gasteiger partial charge in [-0.1, -0.05) is 19.1 Å². The number of benzene rings is 1. The topological polar surface area (TPSA) is 66.9 Å². The van der Waals surface area contributed by atoms with Crippen LogP contribution in [0.25, 0.3) is 0 Å². The first-order valence-corrected chi connectivity index (χ1v) is 7.10. The number of rotatable bonds is 6. The summed E-state index contributed by atoms with van der Waals surface area (Å²) in [7, 11) is 0. The number of carbonyl (C=O) groups excluding carboxylic acids is 1. The summed E-state index contributed by atoms with van der Waals surface area (Å²) in [6.07, 6.45) is 2.71. The van der Waals surface area contributed by atoms with Crippen LogP contribution in [-0.2, 0) is 6.54 Å². The minimum absolute atomic E-state index is 0.106. The maximum atomic E-state index is 12.3. The third-order valence-electron chi connectivity index (χ3n) is 3.00. The number of aryl methyl sites for hydroxylation is 1. The normalized spacial score (nSPS) is 10.2. The zero-order valence-electron chi connectivity index (χ0n) is 12.4. The van der Waals surface area contributed by atoms with E-state index in [2.05, 4.69) is 27.5 Å². The quantitative estimate of drug-likeness (QED) is 0.855. The van der Waals surface area contributed by atoms with Crippen molar-refractivity contribution in [3.8, 4) is 0 Å². The van der Waals surface area contributed by atoms with Crippen molar-refractivity contribution in [1.82, 2.24) is 15.3 Å². The molecule has 5 nitrogen and oxygen atoms in total. The zero-order chi connectivity index (χ0) is 15.1. The van der Waals surface area contributed by atoms with Gasteiger partial charge in [0, 0.05) is 18.4 Å². The second-order valence-corrected chi connectivity index (χ2v) is 4.75. The predicted octanol–water partition coefficient (Wildman–Crippen LogP) is 2.54. The summed E-state index contributed by atoms with van der Waals surface area (Å²) in [6.45, 7) is 5.15. The Morgan fingerprint density at radius 1 is 1.24 bits per heavy atom. The van der Waals surface area contributed by atoms with E-state index in [1.807, 2.05) is 31.2 Å². The molecule has 0 radical (unpaired) electrons. The van der Waals surface area contributed by atoms with Crippen LogP contribution in [0, 0.1) is 6.92 Å². The van der Waals surface area contributed by atoms with Crippen LogP contribution in [0.5, 0.6) is 0 Å². The molecule has 5 heteroatoms. The lowest BCUT2D eigenvalue weighted by Gasteiger charge is -2.11. The van der Waals surface area contributed by atoms with Crippen molar-refractivity contribution in [3.05, 3.63) is 53.6 Å². The molecule has 110 valence electrons. The van der Waals surface area contributed by atoms with E-state index in [1.54, 1.807) is 12.3 Å². The highest BCUT2D eigenvalue weighted by atomic mass is 16.1. The van der Waals surface area contributed by atoms with Gasteiger partial charge in [0.05, 0.1) is 17.8 Å². The molecule has 2 N–H and O–H groups in total. The molecule has 0 saturated heterocycles. The van der Waals surface area contributed by atoms with Crippen molar-refractivity contribution in [2.24, 2.45) is 0 Å². The molecule has 0 aliphatic carbocycles. The number of hydrogen-bond acceptors (Lipinski definition) is 4. The largest absolute Gasteiger partial charge is 0.384 e. The van der Waals surface area contributed by atoms with Gasteiger partial charge in [0.2, 0.25) is 0 Å². The Labute approximate surface area is 124 Å². The number of para-hydroxylation sites is 1. The third kappa shape index (κ3) is 4.27. The molecule has 21 heavy (non-hydrogen) atoms. The van der Waals surface area contributed by atoms with Gasteiger partial charge in [0.25, 0.3) is 5.91 Å². The van der Waals surface area contributed by atoms with Crippen molar-refractivity contribution in [3.63, 3.8) is 0 Å². The summed E-state index contributed by atoms with van der Waals surface area (Å²) in [6, 6.07) is 9.32. The number of hydrogen-bond donors (Lipinski definition) is 2. The fraction of sp³-hybridized carbons (Fsp3) is 0.312. The van der Waals surface area contributed by atoms with E-state index >= 15 is 0 Å². The van der Waals surface area contributed by atoms with E-state index in [0.717, 1.165) is 24.3 Å². The van der Waals surface area contributed by atoms with Crippen LogP contribution in [-0.4, -0.2) is 22.4 Å². The minimum atomic E-state index is -0.106. The highest BCUT2D eigenvalue weighted by Crippen LogP contribution is 2.15. The number of anilines is 1. The first kappa shape index (κ1) is 15.0. The number of nitrogens with zero attached hydrogens (tertiary/aromatic N) is 2. The Morgan fingerprint density at radius 2 is 2.05 bits per heavy atom. The van der Waals surface area contributed by atoms with Crippen molar-refractivity contribution < 1.29 is 4.79 Å². The Kier molecular flexibility index (Phi) is 5.26. The molecule has 1 aromatic heterocycles. The summed E-state index contributed by atoms with van der Waals surface area (Å²) in [5.41, 5.74) is 2.31. The molecule has 0 aliphatic heterocycles. The van der Waals surface area contributed by atoms with Crippen LogP contribution < -0.4 is 10.6 Å². The van der Waals surface area contributed by atoms with Gasteiger partial charge in [-0.25, -0.2) is 9.97 Å². The third-order valence-corrected chi connectivity index (χ3v) is 3.00. The molecule has 0 saturated carbocycles. The molecule has 2 rings (SSSR count). The molecule has 0 atom stereocenters. The van der Waals surface area contributed by atoms with Crippen LogP contribution in [0.15, 0.2) is 36.5 Å². The van der Waals surface area contributed by atoms with E-state index in [9.17, 15) is 4.79 Å². The van der Waals surface area contributed by atoms with E-state index in [1.165, 1.54) is 0 Å². The summed E-state index contributed by atoms with van der Waals surface area (Å²) in [5.74, 6) is 0.595. The van der Waals surface area contributed by atoms with E-state index in [-0.39, 0.29) is 5.91 Å². The number of amides is 1. The molecule has 1 amide bonds. The Bertz CT molecular complexity index is 613. The Balaban J connectivity index is 2.03. The fourth-order valence-corrected chi connectivity index (χ4v) is 1.96. The van der Waals surface area contributed by atoms with E-state index in [0.29, 0.717) is 17.9 Å². The lowest BCUT2D eigenvalue weighted by molar-refractivity contribution is 0.0951. The molecule has 2 aromatic rings. The van der Waals surface area contributed by atoms with Crippen LogP contribution in [0.2, 0.25) is 0 Å². The number of nitrogens with one attached hydrogen (secondary N) is 2. The molecular formula is C16H20N4O. The Morgan fingerprint density at radius 3 is 2.81 bits per heavy atom. The monoisotopic (exact) mass is 284 g/mol. The van der Waals surface area contributed by atoms with Gasteiger partial charge < -0.3 is 10.6 Å². The SMILES string of the molecule is CCCNc1ccccc1C(=O)NCc1ccnc(C)n1. The van der Waals surface area contributed by atoms with Gasteiger partial charge in [-0.3, -0.25) is 4.79 Å². The van der Waals surface area contributed by atoms with E-state index in [4.69, 9.17) is 0 Å². The highest BCUT2D eigenvalue weighted by molar-refractivity contribution is 5.99. The first-order valence-electron chi connectivity index (χ1n) is 7.10. The molecular weight excluding hydrogens is 264 g/mol. The average molecular weight is 284 g/mol. The summed E-state index contributed by atoms with van der Waals surface area (Å²) in [4.78, 5) is 20.6. The van der Waals surface area contributed by atoms with Crippen molar-refractivity contribution >= 4 is 11.6 Å². The fourth-order valence-electron chi connectivity index (χ4n) is 1.96. The highest BCUT2D eigenvalue weighted by Gasteiger charge is 2.10. The molecule has 1 aromatic carbocycles. The second-order valence-electron chi connectivity index (χ2n) is 4.75. The van der Waals surface area contributed by atoms with Gasteiger partial charge in [-0.2, -0.15) is 0 Å². The number of carbonyl (C=O) groups is 1. The molecule has 0 spiro atoms. The smallest absolute Gasteiger partial charge is 0.253 e. The van der Waals surface area contributed by atoms with Gasteiger partial charge in [-0.15, -0.1) is 0 Å². The average Bonchev–Trinajstić information content (AvgIpc) is 2.51. The molecule has 0 unspecified atom stereocenters. The zero-order valence-corrected chi connectivity index (χ0v) is 12.4. The minimum Gasteiger partial charge on any atom is -0.384 e. The predicted molar refractivity (Wildman–Crippen MR) is 83.2 cm³/mol. The molecule has 0 bridgehead atoms. The molecule has 0 aliphatic rings.